The van der Waals surface area contributed by atoms with Crippen LogP contribution in [0.25, 0.3) is 0 Å². The van der Waals surface area contributed by atoms with Crippen molar-refractivity contribution in [1.29, 1.82) is 0 Å². The summed E-state index contributed by atoms with van der Waals surface area (Å²) in [5.41, 5.74) is 2.05. The summed E-state index contributed by atoms with van der Waals surface area (Å²) < 4.78 is 13.5. The minimum absolute atomic E-state index is 0.0730. The summed E-state index contributed by atoms with van der Waals surface area (Å²) in [5.74, 6) is -0.512. The van der Waals surface area contributed by atoms with Gasteiger partial charge in [0.15, 0.2) is 0 Å². The highest BCUT2D eigenvalue weighted by atomic mass is 19.1. The maximum atomic E-state index is 13.5. The maximum Gasteiger partial charge on any atom is 0.254 e. The monoisotopic (exact) mass is 326 g/mol. The summed E-state index contributed by atoms with van der Waals surface area (Å²) in [6.07, 6.45) is 1.73. The zero-order chi connectivity index (χ0) is 17.1. The molecular formula is C19H19FN2O2. The van der Waals surface area contributed by atoms with Gasteiger partial charge in [0.05, 0.1) is 6.04 Å². The van der Waals surface area contributed by atoms with Crippen LogP contribution in [0.4, 0.5) is 10.1 Å². The van der Waals surface area contributed by atoms with Gasteiger partial charge in [0.2, 0.25) is 5.91 Å². The minimum atomic E-state index is -0.286. The van der Waals surface area contributed by atoms with Crippen molar-refractivity contribution in [2.24, 2.45) is 0 Å². The van der Waals surface area contributed by atoms with Crippen LogP contribution in [-0.2, 0) is 4.79 Å². The third-order valence-corrected chi connectivity index (χ3v) is 4.20. The number of anilines is 1. The van der Waals surface area contributed by atoms with E-state index in [1.807, 2.05) is 6.07 Å². The molecule has 0 aromatic heterocycles. The molecule has 0 bridgehead atoms. The Hall–Kier alpha value is -2.69. The molecule has 2 amide bonds. The molecular weight excluding hydrogens is 307 g/mol. The summed E-state index contributed by atoms with van der Waals surface area (Å²) in [5, 5.41) is 2.68. The lowest BCUT2D eigenvalue weighted by Gasteiger charge is -2.25. The first-order chi connectivity index (χ1) is 11.5. The van der Waals surface area contributed by atoms with Gasteiger partial charge in [0.25, 0.3) is 5.91 Å². The highest BCUT2D eigenvalue weighted by Gasteiger charge is 2.30. The lowest BCUT2D eigenvalue weighted by molar-refractivity contribution is -0.114. The van der Waals surface area contributed by atoms with Gasteiger partial charge in [0.1, 0.15) is 5.82 Å². The summed E-state index contributed by atoms with van der Waals surface area (Å²) in [7, 11) is 0. The van der Waals surface area contributed by atoms with Gasteiger partial charge in [0, 0.05) is 24.7 Å². The van der Waals surface area contributed by atoms with E-state index in [1.54, 1.807) is 35.2 Å². The number of halogens is 1. The van der Waals surface area contributed by atoms with Crippen LogP contribution >= 0.6 is 0 Å². The summed E-state index contributed by atoms with van der Waals surface area (Å²) in [6, 6.07) is 13.2. The third kappa shape index (κ3) is 3.45. The van der Waals surface area contributed by atoms with Crippen molar-refractivity contribution in [1.82, 2.24) is 4.90 Å². The van der Waals surface area contributed by atoms with E-state index in [0.29, 0.717) is 17.8 Å². The molecule has 1 fully saturated rings. The fraction of sp³-hybridized carbons (Fsp3) is 0.263. The molecule has 0 radical (unpaired) electrons. The predicted octanol–water partition coefficient (Wildman–Crippen LogP) is 3.76. The first-order valence-electron chi connectivity index (χ1n) is 7.98. The summed E-state index contributed by atoms with van der Waals surface area (Å²) in [4.78, 5) is 25.6. The van der Waals surface area contributed by atoms with Crippen LogP contribution in [0.5, 0.6) is 0 Å². The van der Waals surface area contributed by atoms with Gasteiger partial charge >= 0.3 is 0 Å². The average molecular weight is 326 g/mol. The Morgan fingerprint density at radius 3 is 2.58 bits per heavy atom. The van der Waals surface area contributed by atoms with Gasteiger partial charge in [-0.3, -0.25) is 9.59 Å². The van der Waals surface area contributed by atoms with Gasteiger partial charge in [-0.1, -0.05) is 12.1 Å². The number of rotatable bonds is 3. The van der Waals surface area contributed by atoms with Crippen molar-refractivity contribution in [2.45, 2.75) is 25.8 Å². The van der Waals surface area contributed by atoms with Gasteiger partial charge in [-0.25, -0.2) is 4.39 Å². The Bertz CT molecular complexity index is 758. The zero-order valence-electron chi connectivity index (χ0n) is 13.5. The normalized spacial score (nSPS) is 16.9. The van der Waals surface area contributed by atoms with E-state index in [0.717, 1.165) is 18.4 Å². The number of nitrogens with one attached hydrogen (secondary N) is 1. The van der Waals surface area contributed by atoms with Crippen LogP contribution in [0.1, 0.15) is 41.7 Å². The van der Waals surface area contributed by atoms with Gasteiger partial charge in [-0.05, 0) is 54.8 Å². The van der Waals surface area contributed by atoms with Crippen molar-refractivity contribution >= 4 is 17.5 Å². The number of amides is 2. The van der Waals surface area contributed by atoms with Crippen LogP contribution in [0, 0.1) is 5.82 Å². The number of benzene rings is 2. The average Bonchev–Trinajstić information content (AvgIpc) is 3.04. The fourth-order valence-electron chi connectivity index (χ4n) is 3.14. The maximum absolute atomic E-state index is 13.5. The third-order valence-electron chi connectivity index (χ3n) is 4.20. The Morgan fingerprint density at radius 2 is 1.92 bits per heavy atom. The van der Waals surface area contributed by atoms with Crippen LogP contribution in [-0.4, -0.2) is 23.3 Å². The van der Waals surface area contributed by atoms with Crippen molar-refractivity contribution in [2.75, 3.05) is 11.9 Å². The van der Waals surface area contributed by atoms with Gasteiger partial charge < -0.3 is 10.2 Å². The smallest absolute Gasteiger partial charge is 0.254 e. The molecule has 3 rings (SSSR count). The summed E-state index contributed by atoms with van der Waals surface area (Å²) in [6.45, 7) is 2.10. The Kier molecular flexibility index (Phi) is 4.60. The van der Waals surface area contributed by atoms with Crippen LogP contribution in [0.2, 0.25) is 0 Å². The van der Waals surface area contributed by atoms with Crippen LogP contribution < -0.4 is 5.32 Å². The fourth-order valence-corrected chi connectivity index (χ4v) is 3.14. The Morgan fingerprint density at radius 1 is 1.17 bits per heavy atom. The Labute approximate surface area is 140 Å². The van der Waals surface area contributed by atoms with Crippen molar-refractivity contribution in [3.63, 3.8) is 0 Å². The Balaban J connectivity index is 1.79. The highest BCUT2D eigenvalue weighted by molar-refractivity contribution is 5.96. The molecule has 124 valence electrons. The van der Waals surface area contributed by atoms with Crippen molar-refractivity contribution < 1.29 is 14.0 Å². The topological polar surface area (TPSA) is 49.4 Å². The zero-order valence-corrected chi connectivity index (χ0v) is 13.5. The molecule has 5 heteroatoms. The van der Waals surface area contributed by atoms with Gasteiger partial charge in [-0.15, -0.1) is 0 Å². The van der Waals surface area contributed by atoms with Crippen LogP contribution in [0.15, 0.2) is 48.5 Å². The molecule has 1 saturated heterocycles. The van der Waals surface area contributed by atoms with Crippen LogP contribution in [0.3, 0.4) is 0 Å². The molecule has 1 unspecified atom stereocenters. The number of carbonyl (C=O) groups excluding carboxylic acids is 2. The predicted molar refractivity (Wildman–Crippen MR) is 90.2 cm³/mol. The molecule has 2 aromatic rings. The second-order valence-electron chi connectivity index (χ2n) is 5.97. The molecule has 1 aliphatic heterocycles. The summed E-state index contributed by atoms with van der Waals surface area (Å²) >= 11 is 0. The number of likely N-dealkylation sites (tertiary alicyclic amines) is 1. The molecule has 1 aliphatic rings. The van der Waals surface area contributed by atoms with E-state index in [2.05, 4.69) is 5.32 Å². The number of carbonyl (C=O) groups is 2. The van der Waals surface area contributed by atoms with E-state index in [-0.39, 0.29) is 23.7 Å². The molecule has 0 spiro atoms. The molecule has 24 heavy (non-hydrogen) atoms. The van der Waals surface area contributed by atoms with Crippen molar-refractivity contribution in [3.8, 4) is 0 Å². The first kappa shape index (κ1) is 16.2. The lowest BCUT2D eigenvalue weighted by Crippen LogP contribution is -2.30. The van der Waals surface area contributed by atoms with E-state index in [4.69, 9.17) is 0 Å². The molecule has 0 saturated carbocycles. The molecule has 4 nitrogen and oxygen atoms in total. The molecule has 0 aliphatic carbocycles. The quantitative estimate of drug-likeness (QED) is 0.933. The standard InChI is InChI=1S/C19H19FN2O2/c1-13(23)21-17-9-7-14(8-10-17)19(24)22-11-3-6-18(22)15-4-2-5-16(20)12-15/h2,4-5,7-10,12,18H,3,6,11H2,1H3,(H,21,23). The van der Waals surface area contributed by atoms with E-state index in [1.165, 1.54) is 19.1 Å². The molecule has 1 N–H and O–H groups in total. The SMILES string of the molecule is CC(=O)Nc1ccc(C(=O)N2CCCC2c2cccc(F)c2)cc1. The largest absolute Gasteiger partial charge is 0.332 e. The number of hydrogen-bond acceptors (Lipinski definition) is 2. The number of nitrogens with zero attached hydrogens (tertiary/aromatic N) is 1. The molecule has 1 heterocycles. The lowest BCUT2D eigenvalue weighted by atomic mass is 10.0. The van der Waals surface area contributed by atoms with E-state index < -0.39 is 0 Å². The van der Waals surface area contributed by atoms with E-state index in [9.17, 15) is 14.0 Å². The molecule has 1 atom stereocenters. The highest BCUT2D eigenvalue weighted by Crippen LogP contribution is 2.33. The first-order valence-corrected chi connectivity index (χ1v) is 7.98. The minimum Gasteiger partial charge on any atom is -0.332 e. The van der Waals surface area contributed by atoms with E-state index >= 15 is 0 Å². The number of hydrogen-bond donors (Lipinski definition) is 1. The van der Waals surface area contributed by atoms with Crippen molar-refractivity contribution in [3.05, 3.63) is 65.5 Å². The van der Waals surface area contributed by atoms with Gasteiger partial charge in [-0.2, -0.15) is 0 Å². The second kappa shape index (κ2) is 6.83. The second-order valence-corrected chi connectivity index (χ2v) is 5.97. The molecule has 2 aromatic carbocycles.